The zero-order chi connectivity index (χ0) is 19.1. The molecular weight excluding hydrogens is 425 g/mol. The lowest BCUT2D eigenvalue weighted by Gasteiger charge is -2.32. The van der Waals surface area contributed by atoms with Gasteiger partial charge in [0, 0.05) is 32.1 Å². The quantitative estimate of drug-likeness (QED) is 0.660. The Hall–Kier alpha value is -2.16. The van der Waals surface area contributed by atoms with Crippen LogP contribution in [0, 0.1) is 6.92 Å². The van der Waals surface area contributed by atoms with Crippen LogP contribution in [0.1, 0.15) is 36.2 Å². The minimum Gasteiger partial charge on any atom is -0.341 e. The Labute approximate surface area is 187 Å². The standard InChI is InChI=1S/C20H25N7O.2ClH/c1-14-22-16-4-2-3-5-17(16)27(14)13-19(28)25-9-6-15(7-10-25)20-24-23-18-12-21-8-11-26(18)20;;/h2-5,15,21H,6-13H2,1H3;2*1H. The van der Waals surface area contributed by atoms with Gasteiger partial charge in [0.1, 0.15) is 24.0 Å². The van der Waals surface area contributed by atoms with Crippen LogP contribution in [0.4, 0.5) is 0 Å². The van der Waals surface area contributed by atoms with E-state index in [0.29, 0.717) is 12.5 Å². The molecular formula is C20H27Cl2N7O. The highest BCUT2D eigenvalue weighted by atomic mass is 35.5. The maximum atomic E-state index is 12.9. The Kier molecular flexibility index (Phi) is 7.00. The number of halogens is 2. The first-order chi connectivity index (χ1) is 13.7. The molecule has 0 radical (unpaired) electrons. The van der Waals surface area contributed by atoms with Gasteiger partial charge in [0.05, 0.1) is 17.6 Å². The third-order valence-corrected chi connectivity index (χ3v) is 6.00. The van der Waals surface area contributed by atoms with Crippen LogP contribution in [-0.4, -0.2) is 54.8 Å². The van der Waals surface area contributed by atoms with E-state index in [9.17, 15) is 4.79 Å². The van der Waals surface area contributed by atoms with Gasteiger partial charge in [-0.3, -0.25) is 4.79 Å². The van der Waals surface area contributed by atoms with Gasteiger partial charge in [-0.15, -0.1) is 35.0 Å². The smallest absolute Gasteiger partial charge is 0.242 e. The number of aryl methyl sites for hydroxylation is 1. The van der Waals surface area contributed by atoms with Crippen LogP contribution < -0.4 is 5.32 Å². The number of para-hydroxylation sites is 2. The van der Waals surface area contributed by atoms with Crippen molar-refractivity contribution in [3.63, 3.8) is 0 Å². The average Bonchev–Trinajstić information content (AvgIpc) is 3.29. The molecule has 0 atom stereocenters. The van der Waals surface area contributed by atoms with Crippen LogP contribution in [0.15, 0.2) is 24.3 Å². The molecule has 2 aliphatic heterocycles. The van der Waals surface area contributed by atoms with Crippen molar-refractivity contribution in [1.29, 1.82) is 0 Å². The molecule has 30 heavy (non-hydrogen) atoms. The lowest BCUT2D eigenvalue weighted by atomic mass is 9.95. The number of carbonyl (C=O) groups is 1. The summed E-state index contributed by atoms with van der Waals surface area (Å²) in [5.74, 6) is 3.56. The van der Waals surface area contributed by atoms with Gasteiger partial charge in [-0.25, -0.2) is 4.98 Å². The van der Waals surface area contributed by atoms with Gasteiger partial charge in [0.15, 0.2) is 0 Å². The third-order valence-electron chi connectivity index (χ3n) is 6.00. The Morgan fingerprint density at radius 2 is 1.90 bits per heavy atom. The fourth-order valence-electron chi connectivity index (χ4n) is 4.43. The number of carbonyl (C=O) groups excluding carboxylic acids is 1. The first-order valence-electron chi connectivity index (χ1n) is 10.0. The number of rotatable bonds is 3. The van der Waals surface area contributed by atoms with Gasteiger partial charge < -0.3 is 19.4 Å². The lowest BCUT2D eigenvalue weighted by Crippen LogP contribution is -2.40. The number of nitrogens with zero attached hydrogens (tertiary/aromatic N) is 6. The largest absolute Gasteiger partial charge is 0.341 e. The molecule has 8 nitrogen and oxygen atoms in total. The number of hydrogen-bond donors (Lipinski definition) is 1. The fourth-order valence-corrected chi connectivity index (χ4v) is 4.43. The zero-order valence-electron chi connectivity index (χ0n) is 17.0. The van der Waals surface area contributed by atoms with Crippen LogP contribution in [0.2, 0.25) is 0 Å². The summed E-state index contributed by atoms with van der Waals surface area (Å²) in [6, 6.07) is 7.98. The number of fused-ring (bicyclic) bond motifs is 2. The van der Waals surface area contributed by atoms with Crippen LogP contribution >= 0.6 is 24.8 Å². The SMILES string of the molecule is Cc1nc2ccccc2n1CC(=O)N1CCC(c2nnc3n2CCNC3)CC1.Cl.Cl. The third kappa shape index (κ3) is 4.04. The van der Waals surface area contributed by atoms with Gasteiger partial charge in [-0.05, 0) is 31.9 Å². The maximum absolute atomic E-state index is 12.9. The number of imidazole rings is 1. The van der Waals surface area contributed by atoms with Crippen molar-refractivity contribution in [3.05, 3.63) is 41.7 Å². The maximum Gasteiger partial charge on any atom is 0.242 e. The van der Waals surface area contributed by atoms with Crippen molar-refractivity contribution < 1.29 is 4.79 Å². The topological polar surface area (TPSA) is 80.9 Å². The summed E-state index contributed by atoms with van der Waals surface area (Å²) >= 11 is 0. The number of nitrogens with one attached hydrogen (secondary N) is 1. The van der Waals surface area contributed by atoms with E-state index < -0.39 is 0 Å². The highest BCUT2D eigenvalue weighted by molar-refractivity contribution is 5.85. The van der Waals surface area contributed by atoms with E-state index in [1.54, 1.807) is 0 Å². The van der Waals surface area contributed by atoms with Crippen molar-refractivity contribution in [1.82, 2.24) is 34.5 Å². The molecule has 2 aromatic heterocycles. The van der Waals surface area contributed by atoms with Crippen molar-refractivity contribution in [3.8, 4) is 0 Å². The molecule has 10 heteroatoms. The molecule has 5 rings (SSSR count). The Morgan fingerprint density at radius 3 is 2.70 bits per heavy atom. The second-order valence-electron chi connectivity index (χ2n) is 7.69. The van der Waals surface area contributed by atoms with Crippen LogP contribution in [0.3, 0.4) is 0 Å². The zero-order valence-corrected chi connectivity index (χ0v) is 18.6. The molecule has 1 aromatic carbocycles. The molecule has 0 unspecified atom stereocenters. The summed E-state index contributed by atoms with van der Waals surface area (Å²) in [4.78, 5) is 19.5. The van der Waals surface area contributed by atoms with Gasteiger partial charge in [0.25, 0.3) is 0 Å². The number of hydrogen-bond acceptors (Lipinski definition) is 5. The van der Waals surface area contributed by atoms with E-state index in [1.807, 2.05) is 40.7 Å². The van der Waals surface area contributed by atoms with Crippen molar-refractivity contribution in [2.45, 2.75) is 45.3 Å². The summed E-state index contributed by atoms with van der Waals surface area (Å²) in [6.45, 7) is 6.55. The molecule has 1 fully saturated rings. The van der Waals surface area contributed by atoms with Gasteiger partial charge in [-0.2, -0.15) is 0 Å². The minimum absolute atomic E-state index is 0. The van der Waals surface area contributed by atoms with E-state index in [1.165, 1.54) is 0 Å². The highest BCUT2D eigenvalue weighted by Gasteiger charge is 2.29. The summed E-state index contributed by atoms with van der Waals surface area (Å²) in [6.07, 6.45) is 1.89. The van der Waals surface area contributed by atoms with E-state index in [0.717, 1.165) is 74.1 Å². The van der Waals surface area contributed by atoms with Crippen molar-refractivity contribution in [2.24, 2.45) is 0 Å². The second kappa shape index (κ2) is 9.32. The first kappa shape index (κ1) is 22.5. The Morgan fingerprint density at radius 1 is 1.13 bits per heavy atom. The monoisotopic (exact) mass is 451 g/mol. The van der Waals surface area contributed by atoms with Crippen LogP contribution in [-0.2, 0) is 24.4 Å². The van der Waals surface area contributed by atoms with Gasteiger partial charge in [-0.1, -0.05) is 12.1 Å². The van der Waals surface area contributed by atoms with E-state index in [4.69, 9.17) is 0 Å². The number of aromatic nitrogens is 5. The Balaban J connectivity index is 0.00000128. The molecule has 162 valence electrons. The molecule has 0 bridgehead atoms. The van der Waals surface area contributed by atoms with Gasteiger partial charge in [0.2, 0.25) is 5.91 Å². The Bertz CT molecular complexity index is 1020. The molecule has 4 heterocycles. The number of benzene rings is 1. The molecule has 0 saturated carbocycles. The molecule has 3 aromatic rings. The molecule has 1 amide bonds. The highest BCUT2D eigenvalue weighted by Crippen LogP contribution is 2.28. The van der Waals surface area contributed by atoms with Crippen LogP contribution in [0.25, 0.3) is 11.0 Å². The van der Waals surface area contributed by atoms with E-state index in [2.05, 4.69) is 25.1 Å². The lowest BCUT2D eigenvalue weighted by molar-refractivity contribution is -0.132. The second-order valence-corrected chi connectivity index (χ2v) is 7.69. The number of amides is 1. The summed E-state index contributed by atoms with van der Waals surface area (Å²) < 4.78 is 4.28. The minimum atomic E-state index is 0. The van der Waals surface area contributed by atoms with Crippen molar-refractivity contribution in [2.75, 3.05) is 19.6 Å². The predicted molar refractivity (Wildman–Crippen MR) is 119 cm³/mol. The molecule has 0 aliphatic carbocycles. The molecule has 2 aliphatic rings. The summed E-state index contributed by atoms with van der Waals surface area (Å²) in [7, 11) is 0. The predicted octanol–water partition coefficient (Wildman–Crippen LogP) is 2.29. The number of piperidine rings is 1. The van der Waals surface area contributed by atoms with E-state index >= 15 is 0 Å². The fraction of sp³-hybridized carbons (Fsp3) is 0.500. The summed E-state index contributed by atoms with van der Waals surface area (Å²) in [5.41, 5.74) is 1.96. The average molecular weight is 452 g/mol. The van der Waals surface area contributed by atoms with Crippen LogP contribution in [0.5, 0.6) is 0 Å². The molecule has 1 saturated heterocycles. The summed E-state index contributed by atoms with van der Waals surface area (Å²) in [5, 5.41) is 12.1. The van der Waals surface area contributed by atoms with E-state index in [-0.39, 0.29) is 30.7 Å². The normalized spacial score (nSPS) is 16.6. The molecule has 1 N–H and O–H groups in total. The number of likely N-dealkylation sites (tertiary alicyclic amines) is 1. The molecule has 0 spiro atoms. The first-order valence-corrected chi connectivity index (χ1v) is 10.0. The van der Waals surface area contributed by atoms with Gasteiger partial charge >= 0.3 is 0 Å². The van der Waals surface area contributed by atoms with Crippen molar-refractivity contribution >= 4 is 41.8 Å².